The number of aryl methyl sites for hydroxylation is 1. The number of hydrogen-bond donors (Lipinski definition) is 2. The molecule has 0 saturated carbocycles. The molecule has 0 bridgehead atoms. The molecular formula is C16H17N3OS. The molecule has 3 N–H and O–H groups in total. The summed E-state index contributed by atoms with van der Waals surface area (Å²) in [7, 11) is 0. The van der Waals surface area contributed by atoms with Gasteiger partial charge in [0.05, 0.1) is 23.8 Å². The molecule has 108 valence electrons. The van der Waals surface area contributed by atoms with Crippen molar-refractivity contribution in [1.29, 1.82) is 0 Å². The summed E-state index contributed by atoms with van der Waals surface area (Å²) in [6.45, 7) is 4.14. The first-order chi connectivity index (χ1) is 10.1. The molecule has 0 aliphatic carbocycles. The maximum Gasteiger partial charge on any atom is 0.263 e. The van der Waals surface area contributed by atoms with Gasteiger partial charge in [-0.3, -0.25) is 4.79 Å². The van der Waals surface area contributed by atoms with Crippen molar-refractivity contribution in [3.05, 3.63) is 51.5 Å². The lowest BCUT2D eigenvalue weighted by atomic mass is 10.1. The summed E-state index contributed by atoms with van der Waals surface area (Å²) in [4.78, 5) is 16.9. The Bertz CT molecular complexity index is 680. The number of thiazole rings is 1. The summed E-state index contributed by atoms with van der Waals surface area (Å²) < 4.78 is 0. The number of hydrogen-bond acceptors (Lipinski definition) is 4. The van der Waals surface area contributed by atoms with Crippen molar-refractivity contribution in [3.63, 3.8) is 0 Å². The van der Waals surface area contributed by atoms with Gasteiger partial charge in [0.2, 0.25) is 0 Å². The monoisotopic (exact) mass is 299 g/mol. The third kappa shape index (κ3) is 3.91. The zero-order valence-electron chi connectivity index (χ0n) is 12.0. The highest BCUT2D eigenvalue weighted by molar-refractivity contribution is 7.11. The summed E-state index contributed by atoms with van der Waals surface area (Å²) in [5, 5.41) is 2.98. The summed E-state index contributed by atoms with van der Waals surface area (Å²) in [5.74, 6) is 5.70. The molecule has 1 amide bonds. The first-order valence-electron chi connectivity index (χ1n) is 6.61. The molecular weight excluding hydrogens is 282 g/mol. The van der Waals surface area contributed by atoms with E-state index >= 15 is 0 Å². The zero-order chi connectivity index (χ0) is 15.2. The molecule has 1 aromatic carbocycles. The molecule has 0 saturated heterocycles. The van der Waals surface area contributed by atoms with Crippen molar-refractivity contribution >= 4 is 17.2 Å². The largest absolute Gasteiger partial charge is 0.345 e. The van der Waals surface area contributed by atoms with Crippen LogP contribution in [0.15, 0.2) is 29.8 Å². The van der Waals surface area contributed by atoms with E-state index in [0.717, 1.165) is 16.8 Å². The molecule has 1 unspecified atom stereocenters. The number of amides is 1. The minimum atomic E-state index is -0.0884. The lowest BCUT2D eigenvalue weighted by Crippen LogP contribution is -2.26. The third-order valence-corrected chi connectivity index (χ3v) is 3.97. The van der Waals surface area contributed by atoms with E-state index in [0.29, 0.717) is 11.4 Å². The van der Waals surface area contributed by atoms with Gasteiger partial charge in [-0.1, -0.05) is 24.0 Å². The summed E-state index contributed by atoms with van der Waals surface area (Å²) >= 11 is 1.35. The second-order valence-corrected chi connectivity index (χ2v) is 5.44. The summed E-state index contributed by atoms with van der Waals surface area (Å²) in [5.41, 5.74) is 9.73. The molecule has 2 rings (SSSR count). The van der Waals surface area contributed by atoms with Crippen molar-refractivity contribution < 1.29 is 4.79 Å². The highest BCUT2D eigenvalue weighted by atomic mass is 32.1. The van der Waals surface area contributed by atoms with Crippen LogP contribution in [0.5, 0.6) is 0 Å². The number of nitrogens with two attached hydrogens (primary N) is 1. The number of nitrogens with one attached hydrogen (secondary N) is 1. The molecule has 0 radical (unpaired) electrons. The van der Waals surface area contributed by atoms with Crippen LogP contribution < -0.4 is 11.1 Å². The molecule has 21 heavy (non-hydrogen) atoms. The van der Waals surface area contributed by atoms with Crippen LogP contribution in [0.4, 0.5) is 0 Å². The van der Waals surface area contributed by atoms with Crippen LogP contribution >= 0.6 is 11.3 Å². The Hall–Kier alpha value is -2.16. The van der Waals surface area contributed by atoms with Gasteiger partial charge in [-0.25, -0.2) is 4.98 Å². The SMILES string of the molecule is Cc1ncsc1C(=O)NC(C)c1ccc(C#CCN)cc1. The first-order valence-corrected chi connectivity index (χ1v) is 7.49. The van der Waals surface area contributed by atoms with Crippen LogP contribution in [0, 0.1) is 18.8 Å². The van der Waals surface area contributed by atoms with Gasteiger partial charge in [-0.15, -0.1) is 11.3 Å². The molecule has 1 heterocycles. The molecule has 0 aliphatic rings. The number of carbonyl (C=O) groups is 1. The fourth-order valence-electron chi connectivity index (χ4n) is 1.87. The second kappa shape index (κ2) is 7.02. The quantitative estimate of drug-likeness (QED) is 0.854. The second-order valence-electron chi connectivity index (χ2n) is 4.59. The molecule has 1 aromatic heterocycles. The van der Waals surface area contributed by atoms with Crippen LogP contribution in [-0.4, -0.2) is 17.4 Å². The van der Waals surface area contributed by atoms with Crippen LogP contribution in [-0.2, 0) is 0 Å². The normalized spacial score (nSPS) is 11.4. The Labute approximate surface area is 128 Å². The standard InChI is InChI=1S/C16H17N3OS/c1-11(19-16(20)15-12(2)18-10-21-15)14-7-5-13(6-8-14)4-3-9-17/h5-8,10-11H,9,17H2,1-2H3,(H,19,20). The molecule has 1 atom stereocenters. The lowest BCUT2D eigenvalue weighted by Gasteiger charge is -2.14. The fourth-order valence-corrected chi connectivity index (χ4v) is 2.58. The molecule has 2 aromatic rings. The van der Waals surface area contributed by atoms with E-state index in [2.05, 4.69) is 22.1 Å². The lowest BCUT2D eigenvalue weighted by molar-refractivity contribution is 0.0943. The van der Waals surface area contributed by atoms with Crippen molar-refractivity contribution in [2.45, 2.75) is 19.9 Å². The Morgan fingerprint density at radius 1 is 1.43 bits per heavy atom. The van der Waals surface area contributed by atoms with Gasteiger partial charge in [0, 0.05) is 5.56 Å². The Morgan fingerprint density at radius 3 is 2.71 bits per heavy atom. The van der Waals surface area contributed by atoms with E-state index in [1.165, 1.54) is 11.3 Å². The predicted molar refractivity (Wildman–Crippen MR) is 85.1 cm³/mol. The maximum atomic E-state index is 12.1. The van der Waals surface area contributed by atoms with Gasteiger partial charge in [-0.2, -0.15) is 0 Å². The summed E-state index contributed by atoms with van der Waals surface area (Å²) in [6, 6.07) is 7.71. The highest BCUT2D eigenvalue weighted by Gasteiger charge is 2.15. The van der Waals surface area contributed by atoms with Crippen LogP contribution in [0.2, 0.25) is 0 Å². The minimum absolute atomic E-state index is 0.0736. The van der Waals surface area contributed by atoms with Gasteiger partial charge < -0.3 is 11.1 Å². The molecule has 4 nitrogen and oxygen atoms in total. The fraction of sp³-hybridized carbons (Fsp3) is 0.250. The van der Waals surface area contributed by atoms with Crippen LogP contribution in [0.3, 0.4) is 0 Å². The number of aromatic nitrogens is 1. The van der Waals surface area contributed by atoms with Crippen molar-refractivity contribution in [2.75, 3.05) is 6.54 Å². The molecule has 0 aliphatic heterocycles. The molecule has 0 spiro atoms. The first kappa shape index (κ1) is 15.2. The number of rotatable bonds is 3. The molecule has 0 fully saturated rings. The van der Waals surface area contributed by atoms with E-state index in [1.54, 1.807) is 5.51 Å². The Balaban J connectivity index is 2.05. The average Bonchev–Trinajstić information content (AvgIpc) is 2.91. The van der Waals surface area contributed by atoms with Crippen LogP contribution in [0.1, 0.15) is 39.5 Å². The van der Waals surface area contributed by atoms with Crippen molar-refractivity contribution in [2.24, 2.45) is 5.73 Å². The number of nitrogens with zero attached hydrogens (tertiary/aromatic N) is 1. The van der Waals surface area contributed by atoms with Crippen LogP contribution in [0.25, 0.3) is 0 Å². The van der Waals surface area contributed by atoms with E-state index in [-0.39, 0.29) is 11.9 Å². The van der Waals surface area contributed by atoms with E-state index < -0.39 is 0 Å². The number of benzene rings is 1. The van der Waals surface area contributed by atoms with Gasteiger partial charge in [0.1, 0.15) is 4.88 Å². The van der Waals surface area contributed by atoms with Gasteiger partial charge in [0.15, 0.2) is 0 Å². The topological polar surface area (TPSA) is 68.0 Å². The predicted octanol–water partition coefficient (Wildman–Crippen LogP) is 2.25. The Morgan fingerprint density at radius 2 is 2.14 bits per heavy atom. The third-order valence-electron chi connectivity index (χ3n) is 3.04. The Kier molecular flexibility index (Phi) is 5.09. The van der Waals surface area contributed by atoms with E-state index in [4.69, 9.17) is 5.73 Å². The number of carbonyl (C=O) groups excluding carboxylic acids is 1. The van der Waals surface area contributed by atoms with E-state index in [9.17, 15) is 4.79 Å². The minimum Gasteiger partial charge on any atom is -0.345 e. The molecule has 5 heteroatoms. The summed E-state index contributed by atoms with van der Waals surface area (Å²) in [6.07, 6.45) is 0. The van der Waals surface area contributed by atoms with Crippen molar-refractivity contribution in [3.8, 4) is 11.8 Å². The van der Waals surface area contributed by atoms with Gasteiger partial charge >= 0.3 is 0 Å². The average molecular weight is 299 g/mol. The van der Waals surface area contributed by atoms with Gasteiger partial charge in [0.25, 0.3) is 5.91 Å². The smallest absolute Gasteiger partial charge is 0.263 e. The van der Waals surface area contributed by atoms with Crippen molar-refractivity contribution in [1.82, 2.24) is 10.3 Å². The maximum absolute atomic E-state index is 12.1. The highest BCUT2D eigenvalue weighted by Crippen LogP contribution is 2.17. The van der Waals surface area contributed by atoms with E-state index in [1.807, 2.05) is 38.1 Å². The zero-order valence-corrected chi connectivity index (χ0v) is 12.8. The van der Waals surface area contributed by atoms with Gasteiger partial charge in [-0.05, 0) is 31.5 Å².